The number of carbonyl (C=O) groups excluding carboxylic acids is 1. The largest absolute Gasteiger partial charge is 0.512 e. The number of aliphatic hydroxyl groups excluding tert-OH is 1. The van der Waals surface area contributed by atoms with Gasteiger partial charge in [0.25, 0.3) is 0 Å². The van der Waals surface area contributed by atoms with Gasteiger partial charge >= 0.3 is 0 Å². The summed E-state index contributed by atoms with van der Waals surface area (Å²) in [4.78, 5) is 16.6. The molecule has 0 fully saturated rings. The van der Waals surface area contributed by atoms with E-state index in [-0.39, 0.29) is 54.6 Å². The number of aliphatic hydroxyl groups is 1. The van der Waals surface area contributed by atoms with Crippen LogP contribution in [0.15, 0.2) is 60.5 Å². The first-order valence-electron chi connectivity index (χ1n) is 19.9. The predicted molar refractivity (Wildman–Crippen MR) is 221 cm³/mol. The van der Waals surface area contributed by atoms with E-state index in [1.165, 1.54) is 33.7 Å². The number of aryl methyl sites for hydroxylation is 2. The minimum absolute atomic E-state index is 0. The maximum atomic E-state index is 11.9. The molecule has 285 valence electrons. The van der Waals surface area contributed by atoms with Crippen molar-refractivity contribution in [2.24, 2.45) is 22.7 Å². The van der Waals surface area contributed by atoms with Crippen molar-refractivity contribution in [2.75, 3.05) is 0 Å². The number of rotatable bonds is 10. The van der Waals surface area contributed by atoms with E-state index in [1.54, 1.807) is 0 Å². The average Bonchev–Trinajstić information content (AvgIpc) is 3.08. The molecule has 6 rings (SSSR count). The van der Waals surface area contributed by atoms with Gasteiger partial charge in [-0.1, -0.05) is 121 Å². The summed E-state index contributed by atoms with van der Waals surface area (Å²) in [5, 5.41) is 16.6. The van der Waals surface area contributed by atoms with E-state index >= 15 is 0 Å². The third-order valence-corrected chi connectivity index (χ3v) is 11.2. The van der Waals surface area contributed by atoms with Crippen LogP contribution in [0.2, 0.25) is 0 Å². The Kier molecular flexibility index (Phi) is 12.9. The predicted octanol–water partition coefficient (Wildman–Crippen LogP) is 13.8. The topological polar surface area (TPSA) is 59.4 Å². The van der Waals surface area contributed by atoms with Gasteiger partial charge in [0.15, 0.2) is 5.78 Å². The van der Waals surface area contributed by atoms with Crippen LogP contribution in [-0.4, -0.2) is 15.9 Å². The van der Waals surface area contributed by atoms with Gasteiger partial charge in [-0.25, -0.2) is 0 Å². The van der Waals surface area contributed by atoms with Gasteiger partial charge in [-0.3, -0.25) is 9.78 Å². The Morgan fingerprint density at radius 3 is 2.21 bits per heavy atom. The summed E-state index contributed by atoms with van der Waals surface area (Å²) in [5.41, 5.74) is 6.69. The first-order valence-corrected chi connectivity index (χ1v) is 19.4. The number of ketones is 1. The molecule has 5 heteroatoms. The summed E-state index contributed by atoms with van der Waals surface area (Å²) in [6, 6.07) is 18.9. The van der Waals surface area contributed by atoms with Crippen LogP contribution < -0.4 is 4.74 Å². The second kappa shape index (κ2) is 16.9. The van der Waals surface area contributed by atoms with E-state index < -0.39 is 0 Å². The van der Waals surface area contributed by atoms with Crippen molar-refractivity contribution in [3.8, 4) is 22.8 Å². The van der Waals surface area contributed by atoms with Gasteiger partial charge in [0.2, 0.25) is 0 Å². The van der Waals surface area contributed by atoms with E-state index in [9.17, 15) is 9.90 Å². The molecule has 53 heavy (non-hydrogen) atoms. The summed E-state index contributed by atoms with van der Waals surface area (Å²) < 4.78 is 15.4. The number of nitrogens with zero attached hydrogens (tertiary/aromatic N) is 1. The van der Waals surface area contributed by atoms with Gasteiger partial charge in [0.05, 0.1) is 7.12 Å². The second-order valence-corrected chi connectivity index (χ2v) is 16.9. The Bertz CT molecular complexity index is 2200. The minimum atomic E-state index is -0.248. The van der Waals surface area contributed by atoms with E-state index in [4.69, 9.17) is 11.1 Å². The van der Waals surface area contributed by atoms with E-state index in [0.29, 0.717) is 5.92 Å². The summed E-state index contributed by atoms with van der Waals surface area (Å²) >= 11 is 0. The van der Waals surface area contributed by atoms with Crippen LogP contribution >= 0.6 is 0 Å². The molecule has 0 saturated heterocycles. The molecule has 0 unspecified atom stereocenters. The normalized spacial score (nSPS) is 13.1. The summed E-state index contributed by atoms with van der Waals surface area (Å²) in [6.07, 6.45) is 7.00. The Morgan fingerprint density at radius 2 is 1.60 bits per heavy atom. The number of hydrogen-bond donors (Lipinski definition) is 1. The molecular formula is C48H60IrNO3-. The molecule has 0 bridgehead atoms. The van der Waals surface area contributed by atoms with Crippen molar-refractivity contribution in [1.82, 2.24) is 4.98 Å². The number of aromatic nitrogens is 1. The van der Waals surface area contributed by atoms with E-state index in [0.717, 1.165) is 88.2 Å². The molecule has 2 heterocycles. The SMILES string of the molecule is CCC(CC)C(=O)/C=C(\O)C(C)(CC)CC.[2H]c1cc2c3c(cc4cc(CC(C)(C)C)ccc42)Oc2c([c-]c4cc(C)c(C)cc4c2CC(C)C)-c3n1.[Ir]. The molecule has 0 atom stereocenters. The van der Waals surface area contributed by atoms with Crippen LogP contribution in [0.4, 0.5) is 0 Å². The van der Waals surface area contributed by atoms with Crippen LogP contribution in [-0.2, 0) is 37.7 Å². The Labute approximate surface area is 333 Å². The standard InChI is InChI=1S/C34H34NO.C14H26O2.Ir/c1-19(2)12-28-27-14-21(4)20(3)13-23(27)16-29-32-31-26(10-11-35-32)25-9-8-22(18-34(5,6)7)15-24(25)17-30(31)36-33(28)29;1-6-11(7-2)12(15)10-13(16)14(5,8-3)9-4;/h8-11,13-15,17,19H,12,18H2,1-7H3;10-11,16H,6-9H2,1-5H3;/q-1;;/b;13-10-;/i11D;;. The molecule has 1 radical (unpaired) electrons. The third kappa shape index (κ3) is 8.90. The number of fused-ring (bicyclic) bond motifs is 5. The number of carbonyl (C=O) groups is 1. The van der Waals surface area contributed by atoms with Crippen LogP contribution in [0, 0.1) is 42.6 Å². The first kappa shape index (κ1) is 40.7. The molecule has 1 N–H and O–H groups in total. The zero-order valence-electron chi connectivity index (χ0n) is 35.1. The zero-order chi connectivity index (χ0) is 39.0. The van der Waals surface area contributed by atoms with Gasteiger partial charge < -0.3 is 9.84 Å². The molecule has 0 spiro atoms. The number of pyridine rings is 1. The van der Waals surface area contributed by atoms with Gasteiger partial charge in [-0.2, -0.15) is 0 Å². The summed E-state index contributed by atoms with van der Waals surface area (Å²) in [5.74, 6) is 2.51. The molecule has 0 amide bonds. The maximum Gasteiger partial charge on any atom is 0.162 e. The fourth-order valence-corrected chi connectivity index (χ4v) is 7.42. The number of ether oxygens (including phenoxy) is 1. The van der Waals surface area contributed by atoms with Crippen LogP contribution in [0.25, 0.3) is 43.6 Å². The quantitative estimate of drug-likeness (QED) is 0.0644. The molecular weight excluding hydrogens is 831 g/mol. The monoisotopic (exact) mass is 892 g/mol. The Morgan fingerprint density at radius 1 is 0.943 bits per heavy atom. The number of benzene rings is 4. The van der Waals surface area contributed by atoms with E-state index in [1.807, 2.05) is 40.7 Å². The Balaban J connectivity index is 0.000000327. The molecule has 4 nitrogen and oxygen atoms in total. The third-order valence-electron chi connectivity index (χ3n) is 11.2. The molecule has 1 aliphatic rings. The number of hydrogen-bond acceptors (Lipinski definition) is 4. The van der Waals surface area contributed by atoms with Crippen molar-refractivity contribution in [3.05, 3.63) is 88.8 Å². The minimum Gasteiger partial charge on any atom is -0.512 e. The summed E-state index contributed by atoms with van der Waals surface area (Å²) in [7, 11) is 0. The maximum absolute atomic E-state index is 11.9. The molecule has 0 aliphatic carbocycles. The van der Waals surface area contributed by atoms with Gasteiger partial charge in [-0.05, 0) is 97.6 Å². The van der Waals surface area contributed by atoms with Crippen molar-refractivity contribution in [2.45, 2.75) is 122 Å². The molecule has 5 aromatic rings. The smallest absolute Gasteiger partial charge is 0.162 e. The van der Waals surface area contributed by atoms with Crippen molar-refractivity contribution in [1.29, 1.82) is 0 Å². The van der Waals surface area contributed by atoms with Crippen molar-refractivity contribution < 1.29 is 36.1 Å². The Hall–Kier alpha value is -3.53. The van der Waals surface area contributed by atoms with Gasteiger partial charge in [0.1, 0.15) is 11.5 Å². The fraction of sp³-hybridized carbons (Fsp3) is 0.458. The van der Waals surface area contributed by atoms with Crippen molar-refractivity contribution >= 4 is 38.1 Å². The molecule has 1 aromatic heterocycles. The van der Waals surface area contributed by atoms with Crippen LogP contribution in [0.3, 0.4) is 0 Å². The molecule has 0 saturated carbocycles. The molecule has 4 aromatic carbocycles. The van der Waals surface area contributed by atoms with Crippen molar-refractivity contribution in [3.63, 3.8) is 0 Å². The van der Waals surface area contributed by atoms with Gasteiger partial charge in [-0.15, -0.1) is 17.5 Å². The average molecular weight is 892 g/mol. The molecule has 1 aliphatic heterocycles. The second-order valence-electron chi connectivity index (χ2n) is 16.9. The first-order chi connectivity index (χ1) is 24.9. The fourth-order valence-electron chi connectivity index (χ4n) is 7.42. The van der Waals surface area contributed by atoms with E-state index in [2.05, 4.69) is 90.9 Å². The number of allylic oxidation sites excluding steroid dienone is 2. The van der Waals surface area contributed by atoms with Crippen LogP contribution in [0.1, 0.15) is 119 Å². The zero-order valence-corrected chi connectivity index (χ0v) is 36.5. The summed E-state index contributed by atoms with van der Waals surface area (Å²) in [6.45, 7) is 25.7. The van der Waals surface area contributed by atoms with Gasteiger partial charge in [0, 0.05) is 54.8 Å². The van der Waals surface area contributed by atoms with Crippen LogP contribution in [0.5, 0.6) is 11.5 Å².